The quantitative estimate of drug-likeness (QED) is 0.763. The lowest BCUT2D eigenvalue weighted by molar-refractivity contribution is 0.628. The van der Waals surface area contributed by atoms with Gasteiger partial charge in [-0.2, -0.15) is 0 Å². The molecule has 2 aromatic rings. The first-order valence-corrected chi connectivity index (χ1v) is 6.96. The Morgan fingerprint density at radius 1 is 1.00 bits per heavy atom. The van der Waals surface area contributed by atoms with Crippen molar-refractivity contribution in [2.24, 2.45) is 4.99 Å². The summed E-state index contributed by atoms with van der Waals surface area (Å²) in [5, 5.41) is 0. The fourth-order valence-electron chi connectivity index (χ4n) is 2.45. The molecule has 0 saturated carbocycles. The summed E-state index contributed by atoms with van der Waals surface area (Å²) in [6.07, 6.45) is 4.33. The summed E-state index contributed by atoms with van der Waals surface area (Å²) in [6.45, 7) is 2.30. The van der Waals surface area contributed by atoms with Crippen LogP contribution in [0.25, 0.3) is 0 Å². The van der Waals surface area contributed by atoms with Crippen molar-refractivity contribution in [3.63, 3.8) is 0 Å². The molecule has 102 valence electrons. The monoisotopic (exact) mass is 268 g/mol. The fourth-order valence-corrected chi connectivity index (χ4v) is 2.45. The molecule has 1 saturated heterocycles. The van der Waals surface area contributed by atoms with Crippen LogP contribution < -0.4 is 4.90 Å². The average Bonchev–Trinajstić information content (AvgIpc) is 3.00. The molecule has 3 heteroatoms. The molecule has 0 bridgehead atoms. The Kier molecular flexibility index (Phi) is 3.77. The molecule has 1 heterocycles. The van der Waals surface area contributed by atoms with Gasteiger partial charge in [-0.3, -0.25) is 4.99 Å². The van der Waals surface area contributed by atoms with Gasteiger partial charge in [-0.1, -0.05) is 18.2 Å². The van der Waals surface area contributed by atoms with Crippen LogP contribution in [0.4, 0.5) is 15.8 Å². The van der Waals surface area contributed by atoms with Crippen LogP contribution in [-0.2, 0) is 0 Å². The zero-order valence-electron chi connectivity index (χ0n) is 11.3. The summed E-state index contributed by atoms with van der Waals surface area (Å²) in [4.78, 5) is 6.68. The van der Waals surface area contributed by atoms with Gasteiger partial charge in [0.05, 0.1) is 5.69 Å². The maximum Gasteiger partial charge on any atom is 0.125 e. The molecule has 2 aromatic carbocycles. The third-order valence-electron chi connectivity index (χ3n) is 3.54. The summed E-state index contributed by atoms with van der Waals surface area (Å²) in [5.41, 5.74) is 2.93. The second-order valence-corrected chi connectivity index (χ2v) is 5.02. The van der Waals surface area contributed by atoms with Gasteiger partial charge >= 0.3 is 0 Å². The van der Waals surface area contributed by atoms with E-state index in [9.17, 15) is 4.39 Å². The van der Waals surface area contributed by atoms with Crippen LogP contribution in [0, 0.1) is 5.82 Å². The van der Waals surface area contributed by atoms with Gasteiger partial charge in [0.25, 0.3) is 0 Å². The zero-order chi connectivity index (χ0) is 13.8. The highest BCUT2D eigenvalue weighted by atomic mass is 19.1. The Balaban J connectivity index is 1.71. The number of aliphatic imine (C=N–C) groups is 1. The molecule has 1 fully saturated rings. The minimum Gasteiger partial charge on any atom is -0.372 e. The van der Waals surface area contributed by atoms with Crippen molar-refractivity contribution >= 4 is 17.6 Å². The van der Waals surface area contributed by atoms with E-state index in [2.05, 4.69) is 34.2 Å². The standard InChI is InChI=1S/C17H17FN2/c18-15-4-3-5-16(12-15)19-13-14-6-8-17(9-7-14)20-10-1-2-11-20/h3-9,12-13H,1-2,10-11H2. The number of hydrogen-bond donors (Lipinski definition) is 0. The van der Waals surface area contributed by atoms with Crippen molar-refractivity contribution in [2.75, 3.05) is 18.0 Å². The molecule has 3 rings (SSSR count). The van der Waals surface area contributed by atoms with Gasteiger partial charge in [0, 0.05) is 25.0 Å². The lowest BCUT2D eigenvalue weighted by Crippen LogP contribution is -2.17. The predicted octanol–water partition coefficient (Wildman–Crippen LogP) is 4.18. The summed E-state index contributed by atoms with van der Waals surface area (Å²) in [5.74, 6) is -0.260. The van der Waals surface area contributed by atoms with Crippen molar-refractivity contribution in [3.05, 3.63) is 59.9 Å². The number of rotatable bonds is 3. The minimum absolute atomic E-state index is 0.260. The first kappa shape index (κ1) is 12.9. The van der Waals surface area contributed by atoms with Crippen LogP contribution >= 0.6 is 0 Å². The van der Waals surface area contributed by atoms with Gasteiger partial charge in [0.1, 0.15) is 5.82 Å². The van der Waals surface area contributed by atoms with Crippen LogP contribution in [0.3, 0.4) is 0 Å². The summed E-state index contributed by atoms with van der Waals surface area (Å²) in [6, 6.07) is 14.7. The maximum absolute atomic E-state index is 13.0. The molecule has 2 nitrogen and oxygen atoms in total. The third-order valence-corrected chi connectivity index (χ3v) is 3.54. The summed E-state index contributed by atoms with van der Waals surface area (Å²) >= 11 is 0. The van der Waals surface area contributed by atoms with Crippen LogP contribution in [0.2, 0.25) is 0 Å². The van der Waals surface area contributed by atoms with E-state index in [-0.39, 0.29) is 5.82 Å². The smallest absolute Gasteiger partial charge is 0.125 e. The SMILES string of the molecule is Fc1cccc(N=Cc2ccc(N3CCCC3)cc2)c1. The van der Waals surface area contributed by atoms with Gasteiger partial charge < -0.3 is 4.90 Å². The van der Waals surface area contributed by atoms with Crippen LogP contribution in [0.1, 0.15) is 18.4 Å². The number of benzene rings is 2. The van der Waals surface area contributed by atoms with Gasteiger partial charge in [-0.15, -0.1) is 0 Å². The predicted molar refractivity (Wildman–Crippen MR) is 81.5 cm³/mol. The molecule has 0 atom stereocenters. The van der Waals surface area contributed by atoms with Crippen molar-refractivity contribution in [1.82, 2.24) is 0 Å². The summed E-state index contributed by atoms with van der Waals surface area (Å²) in [7, 11) is 0. The lowest BCUT2D eigenvalue weighted by Gasteiger charge is -2.17. The molecular weight excluding hydrogens is 251 g/mol. The van der Waals surface area contributed by atoms with Crippen molar-refractivity contribution < 1.29 is 4.39 Å². The molecule has 0 amide bonds. The molecule has 1 aliphatic rings. The molecule has 1 aliphatic heterocycles. The van der Waals surface area contributed by atoms with E-state index in [0.29, 0.717) is 5.69 Å². The van der Waals surface area contributed by atoms with Gasteiger partial charge in [-0.05, 0) is 48.7 Å². The second kappa shape index (κ2) is 5.87. The van der Waals surface area contributed by atoms with E-state index in [1.54, 1.807) is 18.3 Å². The van der Waals surface area contributed by atoms with E-state index >= 15 is 0 Å². The van der Waals surface area contributed by atoms with Crippen LogP contribution in [-0.4, -0.2) is 19.3 Å². The number of nitrogens with zero attached hydrogens (tertiary/aromatic N) is 2. The largest absolute Gasteiger partial charge is 0.372 e. The first-order chi connectivity index (χ1) is 9.81. The highest BCUT2D eigenvalue weighted by Gasteiger charge is 2.11. The maximum atomic E-state index is 13.0. The van der Waals surface area contributed by atoms with E-state index in [1.807, 2.05) is 0 Å². The topological polar surface area (TPSA) is 15.6 Å². The Hall–Kier alpha value is -2.16. The Labute approximate surface area is 118 Å². The van der Waals surface area contributed by atoms with Crippen LogP contribution in [0.5, 0.6) is 0 Å². The lowest BCUT2D eigenvalue weighted by atomic mass is 10.2. The molecule has 0 N–H and O–H groups in total. The van der Waals surface area contributed by atoms with E-state index in [0.717, 1.165) is 18.7 Å². The highest BCUT2D eigenvalue weighted by Crippen LogP contribution is 2.20. The number of anilines is 1. The van der Waals surface area contributed by atoms with E-state index in [1.165, 1.54) is 30.7 Å². The van der Waals surface area contributed by atoms with Gasteiger partial charge in [0.2, 0.25) is 0 Å². The van der Waals surface area contributed by atoms with Crippen molar-refractivity contribution in [1.29, 1.82) is 0 Å². The molecule has 0 unspecified atom stereocenters. The first-order valence-electron chi connectivity index (χ1n) is 6.96. The molecule has 0 aliphatic carbocycles. The summed E-state index contributed by atoms with van der Waals surface area (Å²) < 4.78 is 13.0. The normalized spacial score (nSPS) is 15.2. The van der Waals surface area contributed by atoms with Crippen molar-refractivity contribution in [2.45, 2.75) is 12.8 Å². The Bertz CT molecular complexity index is 599. The highest BCUT2D eigenvalue weighted by molar-refractivity contribution is 5.82. The number of hydrogen-bond acceptors (Lipinski definition) is 2. The third kappa shape index (κ3) is 3.05. The molecule has 0 spiro atoms. The molecule has 0 radical (unpaired) electrons. The van der Waals surface area contributed by atoms with Gasteiger partial charge in [-0.25, -0.2) is 4.39 Å². The molecule has 20 heavy (non-hydrogen) atoms. The molecule has 0 aromatic heterocycles. The second-order valence-electron chi connectivity index (χ2n) is 5.02. The minimum atomic E-state index is -0.260. The molecular formula is C17H17FN2. The Morgan fingerprint density at radius 3 is 2.45 bits per heavy atom. The van der Waals surface area contributed by atoms with Crippen molar-refractivity contribution in [3.8, 4) is 0 Å². The average molecular weight is 268 g/mol. The van der Waals surface area contributed by atoms with E-state index in [4.69, 9.17) is 0 Å². The fraction of sp³-hybridized carbons (Fsp3) is 0.235. The van der Waals surface area contributed by atoms with E-state index < -0.39 is 0 Å². The van der Waals surface area contributed by atoms with Crippen LogP contribution in [0.15, 0.2) is 53.5 Å². The number of halogens is 1. The zero-order valence-corrected chi connectivity index (χ0v) is 11.3. The van der Waals surface area contributed by atoms with Gasteiger partial charge in [0.15, 0.2) is 0 Å². The Morgan fingerprint density at radius 2 is 1.75 bits per heavy atom.